The van der Waals surface area contributed by atoms with E-state index >= 15 is 0 Å². The van der Waals surface area contributed by atoms with Gasteiger partial charge in [0, 0.05) is 73.8 Å². The Bertz CT molecular complexity index is 1110. The predicted molar refractivity (Wildman–Crippen MR) is 120 cm³/mol. The van der Waals surface area contributed by atoms with E-state index in [-0.39, 0.29) is 23.9 Å². The van der Waals surface area contributed by atoms with Gasteiger partial charge in [-0.1, -0.05) is 6.07 Å². The largest absolute Gasteiger partial charge is 0.338 e. The molecule has 3 aromatic rings. The van der Waals surface area contributed by atoms with Crippen LogP contribution in [0.3, 0.4) is 0 Å². The highest BCUT2D eigenvalue weighted by Crippen LogP contribution is 2.29. The van der Waals surface area contributed by atoms with Crippen LogP contribution in [-0.2, 0) is 24.3 Å². The van der Waals surface area contributed by atoms with E-state index in [2.05, 4.69) is 20.1 Å². The summed E-state index contributed by atoms with van der Waals surface area (Å²) in [4.78, 5) is 21.2. The second-order valence-corrected chi connectivity index (χ2v) is 8.98. The second-order valence-electron chi connectivity index (χ2n) is 8.98. The van der Waals surface area contributed by atoms with Crippen LogP contribution in [0, 0.1) is 17.6 Å². The minimum Gasteiger partial charge on any atom is -0.338 e. The second kappa shape index (κ2) is 9.39. The molecular weight excluding hydrogens is 424 g/mol. The number of H-pyrrole nitrogens is 1. The van der Waals surface area contributed by atoms with Crippen LogP contribution < -0.4 is 0 Å². The Balaban J connectivity index is 1.22. The smallest absolute Gasteiger partial charge is 0.223 e. The first-order chi connectivity index (χ1) is 16.1. The van der Waals surface area contributed by atoms with Gasteiger partial charge in [0.15, 0.2) is 0 Å². The monoisotopic (exact) mass is 451 g/mol. The first-order valence-electron chi connectivity index (χ1n) is 11.5. The summed E-state index contributed by atoms with van der Waals surface area (Å²) in [5.41, 5.74) is 4.13. The summed E-state index contributed by atoms with van der Waals surface area (Å²) in [7, 11) is 0. The van der Waals surface area contributed by atoms with Gasteiger partial charge in [-0.2, -0.15) is 5.10 Å². The number of carbonyl (C=O) groups is 1. The number of halogens is 2. The predicted octanol–water partition coefficient (Wildman–Crippen LogP) is 3.94. The Hall–Kier alpha value is -3.13. The number of piperidine rings is 1. The number of likely N-dealkylation sites (tertiary alicyclic amines) is 1. The Morgan fingerprint density at radius 3 is 2.70 bits per heavy atom. The Morgan fingerprint density at radius 2 is 1.91 bits per heavy atom. The third-order valence-electron chi connectivity index (χ3n) is 6.75. The molecule has 1 aromatic carbocycles. The molecule has 5 rings (SSSR count). The molecule has 172 valence electrons. The molecule has 4 heterocycles. The zero-order chi connectivity index (χ0) is 22.8. The summed E-state index contributed by atoms with van der Waals surface area (Å²) in [5.74, 6) is -0.706. The van der Waals surface area contributed by atoms with Gasteiger partial charge in [0.25, 0.3) is 0 Å². The van der Waals surface area contributed by atoms with Gasteiger partial charge in [0.2, 0.25) is 5.91 Å². The van der Waals surface area contributed by atoms with Crippen LogP contribution in [0.15, 0.2) is 42.7 Å². The maximum Gasteiger partial charge on any atom is 0.223 e. The van der Waals surface area contributed by atoms with E-state index in [0.717, 1.165) is 48.3 Å². The molecule has 0 spiro atoms. The molecule has 1 N–H and O–H groups in total. The zero-order valence-corrected chi connectivity index (χ0v) is 18.4. The lowest BCUT2D eigenvalue weighted by Crippen LogP contribution is -2.40. The van der Waals surface area contributed by atoms with Crippen LogP contribution in [0.2, 0.25) is 0 Å². The molecule has 1 fully saturated rings. The van der Waals surface area contributed by atoms with Gasteiger partial charge in [-0.15, -0.1) is 0 Å². The number of hydrogen-bond donors (Lipinski definition) is 1. The summed E-state index contributed by atoms with van der Waals surface area (Å²) in [6.45, 7) is 2.91. The van der Waals surface area contributed by atoms with Gasteiger partial charge >= 0.3 is 0 Å². The molecule has 2 aliphatic heterocycles. The molecule has 1 saturated heterocycles. The van der Waals surface area contributed by atoms with Gasteiger partial charge in [-0.25, -0.2) is 8.78 Å². The van der Waals surface area contributed by atoms with Crippen LogP contribution in [-0.4, -0.2) is 50.5 Å². The molecule has 2 aliphatic rings. The van der Waals surface area contributed by atoms with E-state index in [1.807, 2.05) is 17.0 Å². The molecule has 0 bridgehead atoms. The van der Waals surface area contributed by atoms with Gasteiger partial charge in [0.1, 0.15) is 11.6 Å². The molecule has 33 heavy (non-hydrogen) atoms. The average molecular weight is 452 g/mol. The lowest BCUT2D eigenvalue weighted by Gasteiger charge is -2.34. The van der Waals surface area contributed by atoms with Crippen LogP contribution >= 0.6 is 0 Å². The van der Waals surface area contributed by atoms with Crippen LogP contribution in [0.5, 0.6) is 0 Å². The van der Waals surface area contributed by atoms with Crippen LogP contribution in [0.25, 0.3) is 11.3 Å². The van der Waals surface area contributed by atoms with Gasteiger partial charge in [-0.3, -0.25) is 19.8 Å². The molecule has 0 unspecified atom stereocenters. The van der Waals surface area contributed by atoms with Crippen molar-refractivity contribution in [1.82, 2.24) is 25.0 Å². The molecule has 6 nitrogen and oxygen atoms in total. The van der Waals surface area contributed by atoms with Crippen molar-refractivity contribution >= 4 is 5.91 Å². The number of nitrogens with zero attached hydrogens (tertiary/aromatic N) is 4. The summed E-state index contributed by atoms with van der Waals surface area (Å²) >= 11 is 0. The third-order valence-corrected chi connectivity index (χ3v) is 6.75. The number of aromatic amines is 1. The quantitative estimate of drug-likeness (QED) is 0.638. The fourth-order valence-electron chi connectivity index (χ4n) is 5.00. The maximum atomic E-state index is 14.1. The molecule has 0 saturated carbocycles. The van der Waals surface area contributed by atoms with E-state index in [4.69, 9.17) is 0 Å². The first kappa shape index (κ1) is 21.7. The number of nitrogens with one attached hydrogen (secondary N) is 1. The van der Waals surface area contributed by atoms with Crippen molar-refractivity contribution in [2.45, 2.75) is 38.8 Å². The van der Waals surface area contributed by atoms with E-state index < -0.39 is 11.6 Å². The van der Waals surface area contributed by atoms with Gasteiger partial charge in [0.05, 0.1) is 5.69 Å². The normalized spacial score (nSPS) is 18.8. The van der Waals surface area contributed by atoms with Crippen molar-refractivity contribution in [1.29, 1.82) is 0 Å². The van der Waals surface area contributed by atoms with E-state index in [9.17, 15) is 13.6 Å². The number of amides is 1. The molecule has 1 amide bonds. The summed E-state index contributed by atoms with van der Waals surface area (Å²) in [5, 5.41) is 7.61. The number of fused-ring (bicyclic) bond motifs is 1. The average Bonchev–Trinajstić information content (AvgIpc) is 3.26. The number of aromatic nitrogens is 3. The molecule has 1 atom stereocenters. The topological polar surface area (TPSA) is 65.1 Å². The molecular formula is C25H27F2N5O. The van der Waals surface area contributed by atoms with E-state index in [1.54, 1.807) is 12.4 Å². The van der Waals surface area contributed by atoms with Gasteiger partial charge in [-0.05, 0) is 49.6 Å². The highest BCUT2D eigenvalue weighted by atomic mass is 19.1. The van der Waals surface area contributed by atoms with Crippen molar-refractivity contribution < 1.29 is 13.6 Å². The fraction of sp³-hybridized carbons (Fsp3) is 0.400. The van der Waals surface area contributed by atoms with Crippen molar-refractivity contribution in [2.24, 2.45) is 5.92 Å². The Morgan fingerprint density at radius 1 is 1.12 bits per heavy atom. The highest BCUT2D eigenvalue weighted by Gasteiger charge is 2.29. The summed E-state index contributed by atoms with van der Waals surface area (Å²) in [6.07, 6.45) is 6.56. The number of hydrogen-bond acceptors (Lipinski definition) is 4. The third kappa shape index (κ3) is 4.66. The standard InChI is InChI=1S/C25H27F2N5O/c26-21-4-1-5-22(27)19(21)15-31-11-2-3-17(14-31)13-24(33)32-12-8-23-20(16-32)25(30-29-23)18-6-9-28-10-7-18/h1,4-7,9-10,17H,2-3,8,11-16H2,(H,29,30)/t17-/m0/s1. The zero-order valence-electron chi connectivity index (χ0n) is 18.4. The van der Waals surface area contributed by atoms with Crippen molar-refractivity contribution in [2.75, 3.05) is 19.6 Å². The Labute approximate surface area is 191 Å². The number of rotatable bonds is 5. The number of pyridine rings is 1. The molecule has 2 aromatic heterocycles. The number of benzene rings is 1. The molecule has 0 aliphatic carbocycles. The fourth-order valence-corrected chi connectivity index (χ4v) is 5.00. The Kier molecular flexibility index (Phi) is 6.17. The SMILES string of the molecule is O=C(C[C@@H]1CCCN(Cc2c(F)cccc2F)C1)N1CCc2[nH]nc(-c3ccncc3)c2C1. The van der Waals surface area contributed by atoms with Crippen molar-refractivity contribution in [3.63, 3.8) is 0 Å². The number of carbonyl (C=O) groups excluding carboxylic acids is 1. The lowest BCUT2D eigenvalue weighted by molar-refractivity contribution is -0.133. The first-order valence-corrected chi connectivity index (χ1v) is 11.5. The lowest BCUT2D eigenvalue weighted by atomic mass is 9.93. The van der Waals surface area contributed by atoms with Gasteiger partial charge < -0.3 is 4.90 Å². The minimum absolute atomic E-state index is 0.108. The van der Waals surface area contributed by atoms with Crippen LogP contribution in [0.4, 0.5) is 8.78 Å². The van der Waals surface area contributed by atoms with Crippen LogP contribution in [0.1, 0.15) is 36.1 Å². The maximum absolute atomic E-state index is 14.1. The molecule has 8 heteroatoms. The minimum atomic E-state index is -0.512. The van der Waals surface area contributed by atoms with E-state index in [0.29, 0.717) is 26.1 Å². The van der Waals surface area contributed by atoms with Crippen molar-refractivity contribution in [3.05, 3.63) is 71.2 Å². The van der Waals surface area contributed by atoms with Crippen molar-refractivity contribution in [3.8, 4) is 11.3 Å². The van der Waals surface area contributed by atoms with E-state index in [1.165, 1.54) is 18.2 Å². The summed E-state index contributed by atoms with van der Waals surface area (Å²) in [6, 6.07) is 7.82. The summed E-state index contributed by atoms with van der Waals surface area (Å²) < 4.78 is 28.1. The molecule has 0 radical (unpaired) electrons. The highest BCUT2D eigenvalue weighted by molar-refractivity contribution is 5.77.